The van der Waals surface area contributed by atoms with Gasteiger partial charge in [-0.2, -0.15) is 8.78 Å². The van der Waals surface area contributed by atoms with Crippen LogP contribution in [0.15, 0.2) is 24.3 Å². The van der Waals surface area contributed by atoms with Crippen molar-refractivity contribution in [3.8, 4) is 5.75 Å². The van der Waals surface area contributed by atoms with Gasteiger partial charge in [0, 0.05) is 6.92 Å². The Bertz CT molecular complexity index is 430. The third-order valence-corrected chi connectivity index (χ3v) is 2.86. The van der Waals surface area contributed by atoms with Crippen LogP contribution in [0, 0.1) is 0 Å². The van der Waals surface area contributed by atoms with Gasteiger partial charge in [0.1, 0.15) is 5.75 Å². The fourth-order valence-electron chi connectivity index (χ4n) is 1.80. The van der Waals surface area contributed by atoms with Crippen molar-refractivity contribution >= 4 is 5.97 Å². The maximum Gasteiger partial charge on any atom is 0.394 e. The molecule has 1 saturated carbocycles. The van der Waals surface area contributed by atoms with E-state index in [1.807, 2.05) is 0 Å². The van der Waals surface area contributed by atoms with Gasteiger partial charge in [-0.3, -0.25) is 4.79 Å². The molecule has 1 aliphatic rings. The molecule has 5 heteroatoms. The van der Waals surface area contributed by atoms with Crippen LogP contribution < -0.4 is 4.74 Å². The second kappa shape index (κ2) is 3.68. The summed E-state index contributed by atoms with van der Waals surface area (Å²) < 4.78 is 29.5. The number of rotatable bonds is 4. The molecule has 3 nitrogen and oxygen atoms in total. The van der Waals surface area contributed by atoms with Gasteiger partial charge in [-0.05, 0) is 30.5 Å². The molecule has 0 amide bonds. The Hall–Kier alpha value is -1.65. The topological polar surface area (TPSA) is 46.5 Å². The summed E-state index contributed by atoms with van der Waals surface area (Å²) in [7, 11) is 0. The van der Waals surface area contributed by atoms with Gasteiger partial charge in [0.15, 0.2) is 0 Å². The monoisotopic (exact) mass is 242 g/mol. The minimum atomic E-state index is -3.23. The molecule has 0 saturated heterocycles. The lowest BCUT2D eigenvalue weighted by atomic mass is 9.96. The molecular weight excluding hydrogens is 230 g/mol. The number of ether oxygens (including phenoxy) is 1. The highest BCUT2D eigenvalue weighted by molar-refractivity contribution is 5.84. The van der Waals surface area contributed by atoms with E-state index in [-0.39, 0.29) is 5.75 Å². The normalized spacial score (nSPS) is 17.6. The van der Waals surface area contributed by atoms with Crippen LogP contribution in [0.2, 0.25) is 0 Å². The minimum Gasteiger partial charge on any atom is -0.481 e. The van der Waals surface area contributed by atoms with Crippen LogP contribution in [0.1, 0.15) is 25.3 Å². The average molecular weight is 242 g/mol. The number of carboxylic acids is 1. The SMILES string of the molecule is CC(F)(F)Oc1ccc(C2(C(=O)O)CC2)cc1. The van der Waals surface area contributed by atoms with Gasteiger partial charge in [0.05, 0.1) is 5.41 Å². The molecule has 92 valence electrons. The summed E-state index contributed by atoms with van der Waals surface area (Å²) in [5, 5.41) is 9.06. The zero-order valence-corrected chi connectivity index (χ0v) is 9.24. The molecule has 0 aliphatic heterocycles. The first-order chi connectivity index (χ1) is 7.83. The summed E-state index contributed by atoms with van der Waals surface area (Å²) in [5.74, 6) is -0.838. The van der Waals surface area contributed by atoms with Crippen LogP contribution in [0.5, 0.6) is 5.75 Å². The van der Waals surface area contributed by atoms with E-state index in [0.717, 1.165) is 0 Å². The highest BCUT2D eigenvalue weighted by Gasteiger charge is 2.51. The molecule has 0 heterocycles. The smallest absolute Gasteiger partial charge is 0.394 e. The first-order valence-electron chi connectivity index (χ1n) is 5.24. The number of benzene rings is 1. The zero-order chi connectivity index (χ0) is 12.7. The van der Waals surface area contributed by atoms with Crippen molar-refractivity contribution < 1.29 is 23.4 Å². The molecule has 1 aromatic carbocycles. The van der Waals surface area contributed by atoms with Crippen LogP contribution in [0.25, 0.3) is 0 Å². The van der Waals surface area contributed by atoms with Crippen LogP contribution >= 0.6 is 0 Å². The average Bonchev–Trinajstić information content (AvgIpc) is 2.97. The van der Waals surface area contributed by atoms with Gasteiger partial charge in [0.2, 0.25) is 0 Å². The lowest BCUT2D eigenvalue weighted by molar-refractivity contribution is -0.159. The maximum atomic E-state index is 12.6. The largest absolute Gasteiger partial charge is 0.481 e. The van der Waals surface area contributed by atoms with Crippen LogP contribution in [0.3, 0.4) is 0 Å². The fourth-order valence-corrected chi connectivity index (χ4v) is 1.80. The first-order valence-corrected chi connectivity index (χ1v) is 5.24. The third-order valence-electron chi connectivity index (χ3n) is 2.86. The third kappa shape index (κ3) is 2.38. The summed E-state index contributed by atoms with van der Waals surface area (Å²) in [6.07, 6.45) is -2.05. The second-order valence-electron chi connectivity index (χ2n) is 4.32. The van der Waals surface area contributed by atoms with Crippen molar-refractivity contribution in [2.75, 3.05) is 0 Å². The lowest BCUT2D eigenvalue weighted by Crippen LogP contribution is -2.20. The van der Waals surface area contributed by atoms with Gasteiger partial charge in [0.25, 0.3) is 0 Å². The molecule has 0 unspecified atom stereocenters. The zero-order valence-electron chi connectivity index (χ0n) is 9.24. The van der Waals surface area contributed by atoms with Crippen molar-refractivity contribution in [1.82, 2.24) is 0 Å². The van der Waals surface area contributed by atoms with E-state index in [1.165, 1.54) is 24.3 Å². The van der Waals surface area contributed by atoms with E-state index >= 15 is 0 Å². The second-order valence-corrected chi connectivity index (χ2v) is 4.32. The Kier molecular flexibility index (Phi) is 2.56. The highest BCUT2D eigenvalue weighted by Crippen LogP contribution is 2.48. The number of aliphatic carboxylic acids is 1. The molecule has 1 aromatic rings. The number of carboxylic acid groups (broad SMARTS) is 1. The van der Waals surface area contributed by atoms with E-state index in [9.17, 15) is 13.6 Å². The number of hydrogen-bond donors (Lipinski definition) is 1. The fraction of sp³-hybridized carbons (Fsp3) is 0.417. The molecular formula is C12H12F2O3. The van der Waals surface area contributed by atoms with Crippen LogP contribution in [-0.4, -0.2) is 17.2 Å². The summed E-state index contributed by atoms with van der Waals surface area (Å²) in [6.45, 7) is 0.653. The van der Waals surface area contributed by atoms with E-state index in [4.69, 9.17) is 5.11 Å². The van der Waals surface area contributed by atoms with Crippen LogP contribution in [-0.2, 0) is 10.2 Å². The molecule has 0 atom stereocenters. The van der Waals surface area contributed by atoms with Crippen molar-refractivity contribution in [3.63, 3.8) is 0 Å². The number of alkyl halides is 2. The summed E-state index contributed by atoms with van der Waals surface area (Å²) >= 11 is 0. The number of halogens is 2. The maximum absolute atomic E-state index is 12.6. The predicted octanol–water partition coefficient (Wildman–Crippen LogP) is 2.79. The predicted molar refractivity (Wildman–Crippen MR) is 56.2 cm³/mol. The van der Waals surface area contributed by atoms with Crippen molar-refractivity contribution in [3.05, 3.63) is 29.8 Å². The Labute approximate surface area is 97.0 Å². The van der Waals surface area contributed by atoms with Gasteiger partial charge in [-0.1, -0.05) is 12.1 Å². The Balaban J connectivity index is 2.17. The van der Waals surface area contributed by atoms with E-state index in [2.05, 4.69) is 4.74 Å². The molecule has 17 heavy (non-hydrogen) atoms. The first kappa shape index (κ1) is 11.8. The van der Waals surface area contributed by atoms with Crippen LogP contribution in [0.4, 0.5) is 8.78 Å². The van der Waals surface area contributed by atoms with E-state index in [1.54, 1.807) is 0 Å². The van der Waals surface area contributed by atoms with Gasteiger partial charge in [-0.15, -0.1) is 0 Å². The Morgan fingerprint density at radius 3 is 2.24 bits per heavy atom. The van der Waals surface area contributed by atoms with Gasteiger partial charge < -0.3 is 9.84 Å². The molecule has 2 rings (SSSR count). The van der Waals surface area contributed by atoms with Crippen molar-refractivity contribution in [1.29, 1.82) is 0 Å². The minimum absolute atomic E-state index is 0.0300. The molecule has 0 spiro atoms. The van der Waals surface area contributed by atoms with E-state index in [0.29, 0.717) is 25.3 Å². The number of hydrogen-bond acceptors (Lipinski definition) is 2. The summed E-state index contributed by atoms with van der Waals surface area (Å²) in [6, 6.07) is 5.80. The molecule has 1 fully saturated rings. The molecule has 1 N–H and O–H groups in total. The van der Waals surface area contributed by atoms with Gasteiger partial charge in [-0.25, -0.2) is 0 Å². The molecule has 0 aromatic heterocycles. The van der Waals surface area contributed by atoms with Crippen molar-refractivity contribution in [2.45, 2.75) is 31.3 Å². The molecule has 0 bridgehead atoms. The highest BCUT2D eigenvalue weighted by atomic mass is 19.3. The van der Waals surface area contributed by atoms with Crippen molar-refractivity contribution in [2.24, 2.45) is 0 Å². The summed E-state index contributed by atoms with van der Waals surface area (Å²) in [4.78, 5) is 11.0. The quantitative estimate of drug-likeness (QED) is 0.883. The lowest BCUT2D eigenvalue weighted by Gasteiger charge is -2.14. The molecule has 0 radical (unpaired) electrons. The Morgan fingerprint density at radius 1 is 1.35 bits per heavy atom. The standard InChI is InChI=1S/C12H12F2O3/c1-11(13,14)17-9-4-2-8(3-5-9)12(6-7-12)10(15)16/h2-5H,6-7H2,1H3,(H,15,16). The molecule has 1 aliphatic carbocycles. The van der Waals surface area contributed by atoms with E-state index < -0.39 is 17.5 Å². The Morgan fingerprint density at radius 2 is 1.88 bits per heavy atom. The summed E-state index contributed by atoms with van der Waals surface area (Å²) in [5.41, 5.74) is -0.176. The number of carbonyl (C=O) groups is 1. The van der Waals surface area contributed by atoms with Gasteiger partial charge >= 0.3 is 12.1 Å².